The minimum atomic E-state index is -0.549. The second-order valence-electron chi connectivity index (χ2n) is 8.06. The molecule has 2 aromatic carbocycles. The Morgan fingerprint density at radius 1 is 1.00 bits per heavy atom. The quantitative estimate of drug-likeness (QED) is 0.617. The molecule has 0 bridgehead atoms. The summed E-state index contributed by atoms with van der Waals surface area (Å²) in [5, 5.41) is 2.95. The van der Waals surface area contributed by atoms with Crippen molar-refractivity contribution in [2.24, 2.45) is 5.92 Å². The van der Waals surface area contributed by atoms with Crippen molar-refractivity contribution in [1.82, 2.24) is 10.2 Å². The molecule has 29 heavy (non-hydrogen) atoms. The Hall–Kier alpha value is -2.14. The van der Waals surface area contributed by atoms with Crippen molar-refractivity contribution in [1.29, 1.82) is 0 Å². The van der Waals surface area contributed by atoms with Crippen LogP contribution < -0.4 is 5.32 Å². The first-order valence-corrected chi connectivity index (χ1v) is 10.8. The van der Waals surface area contributed by atoms with Gasteiger partial charge in [-0.15, -0.1) is 0 Å². The van der Waals surface area contributed by atoms with E-state index in [1.165, 1.54) is 5.56 Å². The second-order valence-corrected chi connectivity index (χ2v) is 8.98. The van der Waals surface area contributed by atoms with Gasteiger partial charge in [-0.3, -0.25) is 9.59 Å². The summed E-state index contributed by atoms with van der Waals surface area (Å²) in [6, 6.07) is 13.4. The van der Waals surface area contributed by atoms with Crippen molar-refractivity contribution in [3.05, 3.63) is 69.2 Å². The molecule has 1 N–H and O–H groups in total. The van der Waals surface area contributed by atoms with E-state index in [1.807, 2.05) is 49.4 Å². The number of rotatable bonds is 8. The van der Waals surface area contributed by atoms with Crippen LogP contribution in [-0.4, -0.2) is 29.3 Å². The molecule has 0 saturated heterocycles. The van der Waals surface area contributed by atoms with Gasteiger partial charge in [0.15, 0.2) is 0 Å². The molecule has 4 nitrogen and oxygen atoms in total. The molecule has 0 aliphatic heterocycles. The summed E-state index contributed by atoms with van der Waals surface area (Å²) in [6.07, 6.45) is 0.275. The molecular formula is C24H31BrN2O2. The van der Waals surface area contributed by atoms with Crippen LogP contribution in [0.15, 0.2) is 46.9 Å². The van der Waals surface area contributed by atoms with Crippen LogP contribution in [0.2, 0.25) is 0 Å². The lowest BCUT2D eigenvalue weighted by molar-refractivity contribution is -0.140. The Labute approximate surface area is 182 Å². The Morgan fingerprint density at radius 3 is 2.34 bits per heavy atom. The first-order valence-electron chi connectivity index (χ1n) is 10.0. The van der Waals surface area contributed by atoms with Gasteiger partial charge in [0.25, 0.3) is 0 Å². The van der Waals surface area contributed by atoms with Crippen molar-refractivity contribution in [3.63, 3.8) is 0 Å². The molecule has 2 rings (SSSR count). The fraction of sp³-hybridized carbons (Fsp3) is 0.417. The zero-order valence-electron chi connectivity index (χ0n) is 18.0. The predicted molar refractivity (Wildman–Crippen MR) is 122 cm³/mol. The van der Waals surface area contributed by atoms with Gasteiger partial charge in [0.2, 0.25) is 11.8 Å². The van der Waals surface area contributed by atoms with Gasteiger partial charge in [-0.2, -0.15) is 0 Å². The van der Waals surface area contributed by atoms with Gasteiger partial charge in [0.05, 0.1) is 6.42 Å². The smallest absolute Gasteiger partial charge is 0.242 e. The summed E-state index contributed by atoms with van der Waals surface area (Å²) in [7, 11) is 0. The molecule has 0 aliphatic rings. The van der Waals surface area contributed by atoms with E-state index in [2.05, 4.69) is 42.0 Å². The number of carbonyl (C=O) groups is 2. The van der Waals surface area contributed by atoms with Crippen LogP contribution in [-0.2, 0) is 22.6 Å². The normalized spacial score (nSPS) is 12.0. The summed E-state index contributed by atoms with van der Waals surface area (Å²) < 4.78 is 0.952. The number of benzene rings is 2. The van der Waals surface area contributed by atoms with E-state index in [-0.39, 0.29) is 18.2 Å². The maximum absolute atomic E-state index is 13.2. The number of nitrogens with one attached hydrogen (secondary N) is 1. The number of hydrogen-bond acceptors (Lipinski definition) is 2. The lowest BCUT2D eigenvalue weighted by Crippen LogP contribution is -2.48. The standard InChI is InChI=1S/C24H31BrN2O2/c1-16(2)14-26-24(29)19(5)27(15-21-7-6-8-22(25)12-21)23(28)13-20-10-9-17(3)18(4)11-20/h6-12,16,19H,13-15H2,1-5H3,(H,26,29)/t19-/m1/s1. The largest absolute Gasteiger partial charge is 0.354 e. The van der Waals surface area contributed by atoms with Crippen LogP contribution in [0.25, 0.3) is 0 Å². The molecule has 0 heterocycles. The molecule has 156 valence electrons. The third-order valence-electron chi connectivity index (χ3n) is 5.02. The summed E-state index contributed by atoms with van der Waals surface area (Å²) in [4.78, 5) is 27.6. The van der Waals surface area contributed by atoms with Gasteiger partial charge < -0.3 is 10.2 Å². The van der Waals surface area contributed by atoms with Crippen molar-refractivity contribution in [2.75, 3.05) is 6.54 Å². The predicted octanol–water partition coefficient (Wildman–Crippen LogP) is 4.80. The zero-order chi connectivity index (χ0) is 21.6. The number of nitrogens with zero attached hydrogens (tertiary/aromatic N) is 1. The van der Waals surface area contributed by atoms with Crippen molar-refractivity contribution < 1.29 is 9.59 Å². The summed E-state index contributed by atoms with van der Waals surface area (Å²) in [6.45, 7) is 11.0. The third-order valence-corrected chi connectivity index (χ3v) is 5.51. The Balaban J connectivity index is 2.23. The number of amides is 2. The Morgan fingerprint density at radius 2 is 1.72 bits per heavy atom. The highest BCUT2D eigenvalue weighted by atomic mass is 79.9. The maximum Gasteiger partial charge on any atom is 0.242 e. The first kappa shape index (κ1) is 23.1. The fourth-order valence-corrected chi connectivity index (χ4v) is 3.50. The fourth-order valence-electron chi connectivity index (χ4n) is 3.06. The van der Waals surface area contributed by atoms with Gasteiger partial charge in [0.1, 0.15) is 6.04 Å². The molecular weight excluding hydrogens is 428 g/mol. The van der Waals surface area contributed by atoms with Gasteiger partial charge in [-0.05, 0) is 61.1 Å². The highest BCUT2D eigenvalue weighted by Crippen LogP contribution is 2.17. The van der Waals surface area contributed by atoms with E-state index in [1.54, 1.807) is 11.8 Å². The van der Waals surface area contributed by atoms with Crippen LogP contribution in [0, 0.1) is 19.8 Å². The zero-order valence-corrected chi connectivity index (χ0v) is 19.5. The molecule has 0 spiro atoms. The molecule has 2 amide bonds. The van der Waals surface area contributed by atoms with Gasteiger partial charge >= 0.3 is 0 Å². The van der Waals surface area contributed by atoms with Gasteiger partial charge in [0, 0.05) is 17.6 Å². The average Bonchev–Trinajstić information content (AvgIpc) is 2.66. The van der Waals surface area contributed by atoms with Crippen LogP contribution in [0.1, 0.15) is 43.0 Å². The minimum Gasteiger partial charge on any atom is -0.354 e. The summed E-state index contributed by atoms with van der Waals surface area (Å²) in [5.41, 5.74) is 4.31. The topological polar surface area (TPSA) is 49.4 Å². The van der Waals surface area contributed by atoms with E-state index in [0.29, 0.717) is 19.0 Å². The van der Waals surface area contributed by atoms with E-state index in [0.717, 1.165) is 21.2 Å². The van der Waals surface area contributed by atoms with Crippen molar-refractivity contribution >= 4 is 27.7 Å². The third kappa shape index (κ3) is 7.00. The molecule has 0 aliphatic carbocycles. The molecule has 1 atom stereocenters. The monoisotopic (exact) mass is 458 g/mol. The highest BCUT2D eigenvalue weighted by Gasteiger charge is 2.26. The van der Waals surface area contributed by atoms with Crippen molar-refractivity contribution in [3.8, 4) is 0 Å². The van der Waals surface area contributed by atoms with E-state index >= 15 is 0 Å². The van der Waals surface area contributed by atoms with Crippen LogP contribution in [0.5, 0.6) is 0 Å². The Kier molecular flexibility index (Phi) is 8.45. The van der Waals surface area contributed by atoms with Gasteiger partial charge in [-0.25, -0.2) is 0 Å². The molecule has 5 heteroatoms. The molecule has 2 aromatic rings. The van der Waals surface area contributed by atoms with Crippen molar-refractivity contribution in [2.45, 2.75) is 53.6 Å². The van der Waals surface area contributed by atoms with E-state index in [9.17, 15) is 9.59 Å². The van der Waals surface area contributed by atoms with E-state index in [4.69, 9.17) is 0 Å². The van der Waals surface area contributed by atoms with Gasteiger partial charge in [-0.1, -0.05) is 60.1 Å². The number of aryl methyl sites for hydroxylation is 2. The highest BCUT2D eigenvalue weighted by molar-refractivity contribution is 9.10. The Bertz CT molecular complexity index is 864. The lowest BCUT2D eigenvalue weighted by Gasteiger charge is -2.29. The molecule has 0 unspecified atom stereocenters. The summed E-state index contributed by atoms with van der Waals surface area (Å²) >= 11 is 3.48. The number of carbonyl (C=O) groups excluding carboxylic acids is 2. The minimum absolute atomic E-state index is 0.0552. The maximum atomic E-state index is 13.2. The lowest BCUT2D eigenvalue weighted by atomic mass is 10.0. The molecule has 0 saturated carbocycles. The molecule has 0 aromatic heterocycles. The van der Waals surface area contributed by atoms with Crippen LogP contribution >= 0.6 is 15.9 Å². The van der Waals surface area contributed by atoms with E-state index < -0.39 is 6.04 Å². The average molecular weight is 459 g/mol. The first-order chi connectivity index (χ1) is 13.7. The second kappa shape index (κ2) is 10.6. The molecule has 0 fully saturated rings. The number of halogens is 1. The molecule has 0 radical (unpaired) electrons. The number of hydrogen-bond donors (Lipinski definition) is 1. The summed E-state index contributed by atoms with van der Waals surface area (Å²) in [5.74, 6) is 0.179. The van der Waals surface area contributed by atoms with Crippen LogP contribution in [0.4, 0.5) is 0 Å². The van der Waals surface area contributed by atoms with Crippen LogP contribution in [0.3, 0.4) is 0 Å². The SMILES string of the molecule is Cc1ccc(CC(=O)N(Cc2cccc(Br)c2)[C@H](C)C(=O)NCC(C)C)cc1C.